The number of rotatable bonds is 5. The van der Waals surface area contributed by atoms with Crippen molar-refractivity contribution in [2.24, 2.45) is 0 Å². The summed E-state index contributed by atoms with van der Waals surface area (Å²) < 4.78 is 5.77. The molecule has 0 saturated carbocycles. The summed E-state index contributed by atoms with van der Waals surface area (Å²) in [4.78, 5) is 22.4. The minimum absolute atomic E-state index is 0.0557. The minimum atomic E-state index is -2.02. The monoisotopic (exact) mass is 522 g/mol. The van der Waals surface area contributed by atoms with Crippen molar-refractivity contribution < 1.29 is 19.4 Å². The molecule has 1 N–H and O–H groups in total. The molecule has 0 aromatic heterocycles. The Bertz CT molecular complexity index is 1220. The van der Waals surface area contributed by atoms with Crippen molar-refractivity contribution in [1.29, 1.82) is 0 Å². The van der Waals surface area contributed by atoms with Gasteiger partial charge in [0, 0.05) is 17.5 Å². The Kier molecular flexibility index (Phi) is 6.41. The number of benzene rings is 2. The molecule has 0 amide bonds. The van der Waals surface area contributed by atoms with Crippen LogP contribution in [0.1, 0.15) is 23.5 Å². The SMILES string of the molecule is C=CC1=CC[C@@]2(Cl)C(=O)C(Cl)=C(Cl)C(=O)[C@@]2(Cl)[C@H]1c1ccc(OCc2ccccc2)cc1O. The zero-order valence-corrected chi connectivity index (χ0v) is 20.2. The Morgan fingerprint density at radius 1 is 1.06 bits per heavy atom. The molecule has 0 unspecified atom stereocenters. The first-order chi connectivity index (χ1) is 15.6. The van der Waals surface area contributed by atoms with Gasteiger partial charge in [0.05, 0.1) is 0 Å². The summed E-state index contributed by atoms with van der Waals surface area (Å²) in [6.45, 7) is 4.10. The zero-order valence-electron chi connectivity index (χ0n) is 17.2. The fourth-order valence-corrected chi connectivity index (χ4v) is 5.72. The van der Waals surface area contributed by atoms with Crippen LogP contribution in [0.5, 0.6) is 11.5 Å². The van der Waals surface area contributed by atoms with Crippen LogP contribution in [0.25, 0.3) is 0 Å². The molecule has 170 valence electrons. The van der Waals surface area contributed by atoms with E-state index in [4.69, 9.17) is 51.1 Å². The molecule has 0 aliphatic heterocycles. The minimum Gasteiger partial charge on any atom is -0.508 e. The van der Waals surface area contributed by atoms with Gasteiger partial charge in [0.2, 0.25) is 0 Å². The van der Waals surface area contributed by atoms with E-state index in [1.54, 1.807) is 18.2 Å². The quantitative estimate of drug-likeness (QED) is 0.462. The lowest BCUT2D eigenvalue weighted by Crippen LogP contribution is -2.64. The van der Waals surface area contributed by atoms with E-state index in [9.17, 15) is 14.7 Å². The number of Topliss-reactive ketones (excluding diaryl/α,β-unsaturated/α-hetero) is 2. The van der Waals surface area contributed by atoms with Gasteiger partial charge in [0.1, 0.15) is 37.9 Å². The van der Waals surface area contributed by atoms with Gasteiger partial charge in [0.25, 0.3) is 0 Å². The number of carbonyl (C=O) groups excluding carboxylic acids is 2. The van der Waals surface area contributed by atoms with Gasteiger partial charge < -0.3 is 9.84 Å². The van der Waals surface area contributed by atoms with E-state index in [0.717, 1.165) is 5.56 Å². The number of ketones is 2. The van der Waals surface area contributed by atoms with Crippen LogP contribution in [0.4, 0.5) is 0 Å². The number of hydrogen-bond acceptors (Lipinski definition) is 4. The van der Waals surface area contributed by atoms with Gasteiger partial charge in [-0.25, -0.2) is 0 Å². The first-order valence-corrected chi connectivity index (χ1v) is 11.5. The lowest BCUT2D eigenvalue weighted by molar-refractivity contribution is -0.127. The van der Waals surface area contributed by atoms with Gasteiger partial charge in [-0.1, -0.05) is 78.3 Å². The predicted molar refractivity (Wildman–Crippen MR) is 130 cm³/mol. The second kappa shape index (κ2) is 8.84. The normalized spacial score (nSPS) is 27.2. The van der Waals surface area contributed by atoms with E-state index >= 15 is 0 Å². The Morgan fingerprint density at radius 3 is 2.36 bits per heavy atom. The Morgan fingerprint density at radius 2 is 1.73 bits per heavy atom. The highest BCUT2D eigenvalue weighted by molar-refractivity contribution is 6.66. The molecular formula is C25H18Cl4O4. The first kappa shape index (κ1) is 23.9. The number of alkyl halides is 2. The van der Waals surface area contributed by atoms with Crippen molar-refractivity contribution in [2.75, 3.05) is 0 Å². The second-order valence-electron chi connectivity index (χ2n) is 7.84. The molecule has 2 aliphatic rings. The van der Waals surface area contributed by atoms with Crippen molar-refractivity contribution in [1.82, 2.24) is 0 Å². The van der Waals surface area contributed by atoms with Crippen LogP contribution in [0.15, 0.2) is 82.9 Å². The number of ether oxygens (including phenoxy) is 1. The molecule has 0 radical (unpaired) electrons. The number of phenols is 1. The van der Waals surface area contributed by atoms with Crippen molar-refractivity contribution in [3.05, 3.63) is 94.0 Å². The number of hydrogen-bond donors (Lipinski definition) is 1. The third-order valence-corrected chi connectivity index (χ3v) is 8.26. The highest BCUT2D eigenvalue weighted by atomic mass is 35.5. The Labute approximate surface area is 211 Å². The summed E-state index contributed by atoms with van der Waals surface area (Å²) >= 11 is 25.8. The standard InChI is InChI=1S/C25H18Cl4O4/c1-2-15-10-11-24(28)22(31)20(26)21(27)23(32)25(24,29)19(15)17-9-8-16(12-18(17)30)33-13-14-6-4-3-5-7-14/h2-10,12,19,30H,1,11,13H2/t19-,24-,25+/m1/s1. The maximum absolute atomic E-state index is 13.3. The first-order valence-electron chi connectivity index (χ1n) is 10.00. The fourth-order valence-electron chi connectivity index (χ4n) is 4.28. The maximum atomic E-state index is 13.3. The number of halogens is 4. The van der Waals surface area contributed by atoms with Crippen molar-refractivity contribution in [3.63, 3.8) is 0 Å². The van der Waals surface area contributed by atoms with E-state index in [-0.39, 0.29) is 17.7 Å². The highest BCUT2D eigenvalue weighted by Gasteiger charge is 2.68. The Balaban J connectivity index is 1.77. The van der Waals surface area contributed by atoms with Gasteiger partial charge in [-0.3, -0.25) is 9.59 Å². The van der Waals surface area contributed by atoms with Crippen molar-refractivity contribution in [3.8, 4) is 11.5 Å². The number of carbonyl (C=O) groups is 2. The van der Waals surface area contributed by atoms with Gasteiger partial charge in [-0.05, 0) is 23.6 Å². The summed E-state index contributed by atoms with van der Waals surface area (Å²) in [6.07, 6.45) is 3.12. The van der Waals surface area contributed by atoms with Crippen molar-refractivity contribution in [2.45, 2.75) is 28.7 Å². The van der Waals surface area contributed by atoms with Crippen LogP contribution in [0.3, 0.4) is 0 Å². The molecule has 33 heavy (non-hydrogen) atoms. The summed E-state index contributed by atoms with van der Waals surface area (Å²) in [5.74, 6) is -2.31. The van der Waals surface area contributed by atoms with Gasteiger partial charge in [-0.15, -0.1) is 23.2 Å². The molecule has 2 aliphatic carbocycles. The van der Waals surface area contributed by atoms with Crippen LogP contribution in [0, 0.1) is 0 Å². The van der Waals surface area contributed by atoms with E-state index in [1.165, 1.54) is 12.1 Å². The molecule has 4 nitrogen and oxygen atoms in total. The average Bonchev–Trinajstić information content (AvgIpc) is 2.82. The zero-order chi connectivity index (χ0) is 24.0. The third kappa shape index (κ3) is 3.70. The summed E-state index contributed by atoms with van der Waals surface area (Å²) in [5, 5.41) is 9.97. The molecule has 0 heterocycles. The van der Waals surface area contributed by atoms with Crippen LogP contribution < -0.4 is 4.74 Å². The molecule has 0 spiro atoms. The lowest BCUT2D eigenvalue weighted by Gasteiger charge is -2.50. The summed E-state index contributed by atoms with van der Waals surface area (Å²) in [7, 11) is 0. The number of aromatic hydroxyl groups is 1. The van der Waals surface area contributed by atoms with Crippen LogP contribution in [-0.2, 0) is 16.2 Å². The molecule has 8 heteroatoms. The average molecular weight is 524 g/mol. The highest BCUT2D eigenvalue weighted by Crippen LogP contribution is 2.60. The molecule has 2 aromatic carbocycles. The van der Waals surface area contributed by atoms with E-state index in [0.29, 0.717) is 17.9 Å². The second-order valence-corrected chi connectivity index (χ2v) is 9.84. The molecule has 3 atom stereocenters. The largest absolute Gasteiger partial charge is 0.508 e. The lowest BCUT2D eigenvalue weighted by atomic mass is 9.62. The Hall–Kier alpha value is -2.24. The molecule has 0 bridgehead atoms. The summed E-state index contributed by atoms with van der Waals surface area (Å²) in [5.41, 5.74) is 1.76. The molecule has 0 fully saturated rings. The number of allylic oxidation sites excluding steroid dienone is 5. The van der Waals surface area contributed by atoms with Crippen LogP contribution in [0.2, 0.25) is 0 Å². The van der Waals surface area contributed by atoms with Crippen molar-refractivity contribution >= 4 is 58.0 Å². The fraction of sp³-hybridized carbons (Fsp3) is 0.200. The molecule has 0 saturated heterocycles. The van der Waals surface area contributed by atoms with Gasteiger partial charge >= 0.3 is 0 Å². The van der Waals surface area contributed by atoms with E-state index < -0.39 is 37.3 Å². The molecule has 4 rings (SSSR count). The van der Waals surface area contributed by atoms with Gasteiger partial charge in [0.15, 0.2) is 11.6 Å². The summed E-state index contributed by atoms with van der Waals surface area (Å²) in [6, 6.07) is 14.2. The topological polar surface area (TPSA) is 63.6 Å². The molecular weight excluding hydrogens is 506 g/mol. The van der Waals surface area contributed by atoms with Gasteiger partial charge in [-0.2, -0.15) is 0 Å². The van der Waals surface area contributed by atoms with E-state index in [1.807, 2.05) is 30.3 Å². The smallest absolute Gasteiger partial charge is 0.199 e. The van der Waals surface area contributed by atoms with Crippen LogP contribution in [-0.4, -0.2) is 26.4 Å². The maximum Gasteiger partial charge on any atom is 0.199 e. The van der Waals surface area contributed by atoms with E-state index in [2.05, 4.69) is 6.58 Å². The van der Waals surface area contributed by atoms with Crippen LogP contribution >= 0.6 is 46.4 Å². The molecule has 2 aromatic rings. The number of phenolic OH excluding ortho intramolecular Hbond substituents is 1. The number of fused-ring (bicyclic) bond motifs is 1. The predicted octanol–water partition coefficient (Wildman–Crippen LogP) is 6.37. The third-order valence-electron chi connectivity index (χ3n) is 6.01.